The normalized spacial score (nSPS) is 22.8. The Labute approximate surface area is 180 Å². The van der Waals surface area contributed by atoms with E-state index in [9.17, 15) is 4.39 Å². The summed E-state index contributed by atoms with van der Waals surface area (Å²) in [7, 11) is 0. The molecule has 0 spiro atoms. The van der Waals surface area contributed by atoms with Crippen molar-refractivity contribution in [3.8, 4) is 0 Å². The van der Waals surface area contributed by atoms with Crippen LogP contribution in [0.4, 0.5) is 4.39 Å². The average molecular weight is 429 g/mol. The van der Waals surface area contributed by atoms with Gasteiger partial charge in [-0.05, 0) is 35.6 Å². The van der Waals surface area contributed by atoms with E-state index in [-0.39, 0.29) is 5.83 Å². The number of halogens is 1. The molecule has 0 saturated heterocycles. The molecule has 152 valence electrons. The molecule has 2 heterocycles. The van der Waals surface area contributed by atoms with E-state index in [1.54, 1.807) is 18.0 Å². The first-order chi connectivity index (χ1) is 14.2. The van der Waals surface area contributed by atoms with Gasteiger partial charge >= 0.3 is 0 Å². The first-order valence-electron chi connectivity index (χ1n) is 9.98. The van der Waals surface area contributed by atoms with Crippen molar-refractivity contribution in [3.05, 3.63) is 88.5 Å². The number of benzene rings is 1. The Balaban J connectivity index is 1.66. The van der Waals surface area contributed by atoms with E-state index in [0.29, 0.717) is 24.1 Å². The summed E-state index contributed by atoms with van der Waals surface area (Å²) in [6, 6.07) is 10.5. The molecule has 3 nitrogen and oxygen atoms in total. The Morgan fingerprint density at radius 3 is 2.93 bits per heavy atom. The van der Waals surface area contributed by atoms with Gasteiger partial charge < -0.3 is 11.1 Å². The summed E-state index contributed by atoms with van der Waals surface area (Å²) in [5.41, 5.74) is 8.65. The summed E-state index contributed by atoms with van der Waals surface area (Å²) in [5.74, 6) is 1.53. The lowest BCUT2D eigenvalue weighted by atomic mass is 9.90. The molecular formula is C23H27FN3S2+. The lowest BCUT2D eigenvalue weighted by molar-refractivity contribution is 0.506. The van der Waals surface area contributed by atoms with Crippen LogP contribution in [0.1, 0.15) is 19.8 Å². The molecule has 4 rings (SSSR count). The van der Waals surface area contributed by atoms with Gasteiger partial charge in [0.1, 0.15) is 17.8 Å². The zero-order chi connectivity index (χ0) is 20.2. The van der Waals surface area contributed by atoms with Crippen molar-refractivity contribution in [1.82, 2.24) is 9.62 Å². The smallest absolute Gasteiger partial charge is 0.179 e. The summed E-state index contributed by atoms with van der Waals surface area (Å²) < 4.78 is 16.9. The van der Waals surface area contributed by atoms with Gasteiger partial charge in [-0.15, -0.1) is 11.8 Å². The van der Waals surface area contributed by atoms with Crippen molar-refractivity contribution in [2.45, 2.75) is 29.9 Å². The maximum absolute atomic E-state index is 14.5. The fraction of sp³-hybridized carbons (Fsp3) is 0.304. The molecular weight excluding hydrogens is 401 g/mol. The van der Waals surface area contributed by atoms with Gasteiger partial charge in [0.05, 0.1) is 6.54 Å². The fourth-order valence-electron chi connectivity index (χ4n) is 3.97. The van der Waals surface area contributed by atoms with Gasteiger partial charge in [0, 0.05) is 41.5 Å². The molecule has 1 aromatic carbocycles. The molecule has 2 atom stereocenters. The molecule has 0 bridgehead atoms. The van der Waals surface area contributed by atoms with Crippen molar-refractivity contribution in [3.63, 3.8) is 0 Å². The van der Waals surface area contributed by atoms with Crippen molar-refractivity contribution < 1.29 is 4.39 Å². The maximum Gasteiger partial charge on any atom is 0.179 e. The van der Waals surface area contributed by atoms with E-state index in [1.165, 1.54) is 16.3 Å². The predicted octanol–water partition coefficient (Wildman–Crippen LogP) is 4.57. The standard InChI is InChI=1S/C23H26FN3S2/c1-16(28-12-11-25)21-15-27(29-18-7-3-2-4-8-18)23-20(21)13-17(14-26-23)19-9-5-6-10-22(19)24/h2-5,7-9,11-13,16,21,26H,6,10,14-15,25H2,1H3/p+1/b12-11-. The van der Waals surface area contributed by atoms with Crippen LogP contribution in [-0.2, 0) is 11.9 Å². The zero-order valence-corrected chi connectivity index (χ0v) is 18.2. The minimum absolute atomic E-state index is 0.00639. The molecule has 2 aliphatic heterocycles. The summed E-state index contributed by atoms with van der Waals surface area (Å²) in [5, 5.41) is 5.93. The molecule has 0 saturated carbocycles. The number of allylic oxidation sites excluding steroid dienone is 4. The number of thioether (sulfide) groups is 1. The molecule has 1 aliphatic carbocycles. The zero-order valence-electron chi connectivity index (χ0n) is 16.5. The number of nitrogens with one attached hydrogen (secondary N) is 1. The molecule has 6 heteroatoms. The molecule has 2 unspecified atom stereocenters. The molecule has 29 heavy (non-hydrogen) atoms. The van der Waals surface area contributed by atoms with E-state index in [1.807, 2.05) is 17.6 Å². The van der Waals surface area contributed by atoms with Crippen LogP contribution in [-0.4, -0.2) is 22.6 Å². The third-order valence-electron chi connectivity index (χ3n) is 5.46. The second-order valence-electron chi connectivity index (χ2n) is 7.38. The largest absolute Gasteiger partial charge is 0.404 e. The maximum atomic E-state index is 14.5. The molecule has 0 amide bonds. The number of hydrogen-bond acceptors (Lipinski definition) is 4. The molecule has 0 radical (unpaired) electrons. The van der Waals surface area contributed by atoms with Crippen LogP contribution in [0.2, 0.25) is 0 Å². The van der Waals surface area contributed by atoms with Gasteiger partial charge in [-0.25, -0.2) is 4.39 Å². The Bertz CT molecular complexity index is 902. The van der Waals surface area contributed by atoms with E-state index in [4.69, 9.17) is 5.73 Å². The van der Waals surface area contributed by atoms with E-state index < -0.39 is 0 Å². The van der Waals surface area contributed by atoms with E-state index in [0.717, 1.165) is 36.1 Å². The summed E-state index contributed by atoms with van der Waals surface area (Å²) in [6.07, 6.45) is 9.13. The number of nitrogens with zero attached hydrogens (tertiary/aromatic N) is 1. The van der Waals surface area contributed by atoms with Gasteiger partial charge in [-0.1, -0.05) is 37.3 Å². The quantitative estimate of drug-likeness (QED) is 0.514. The predicted molar refractivity (Wildman–Crippen MR) is 124 cm³/mol. The van der Waals surface area contributed by atoms with Crippen LogP contribution in [0.15, 0.2) is 93.4 Å². The average Bonchev–Trinajstić information content (AvgIpc) is 3.11. The van der Waals surface area contributed by atoms with Crippen LogP contribution in [0.3, 0.4) is 0 Å². The number of thiol groups is 1. The van der Waals surface area contributed by atoms with E-state index >= 15 is 0 Å². The Kier molecular flexibility index (Phi) is 6.40. The number of dihydropyridines is 1. The monoisotopic (exact) mass is 428 g/mol. The first-order valence-corrected chi connectivity index (χ1v) is 11.8. The Hall–Kier alpha value is -2.05. The highest BCUT2D eigenvalue weighted by Crippen LogP contribution is 2.40. The molecule has 0 aromatic heterocycles. The Morgan fingerprint density at radius 2 is 2.17 bits per heavy atom. The SMILES string of the molecule is CC(S/C=C\N)C1CN([SH+]c2ccccc2)C2=C1C=C(C1=C(F)CCC=C1)CN2. The van der Waals surface area contributed by atoms with Crippen molar-refractivity contribution in [2.24, 2.45) is 11.7 Å². The lowest BCUT2D eigenvalue weighted by Gasteiger charge is -2.23. The van der Waals surface area contributed by atoms with Gasteiger partial charge in [0.2, 0.25) is 0 Å². The summed E-state index contributed by atoms with van der Waals surface area (Å²) in [6.45, 7) is 3.83. The Morgan fingerprint density at radius 1 is 1.34 bits per heavy atom. The lowest BCUT2D eigenvalue weighted by Crippen LogP contribution is -2.31. The molecule has 0 fully saturated rings. The van der Waals surface area contributed by atoms with Gasteiger partial charge in [-0.2, -0.15) is 4.31 Å². The number of hydrogen-bond donors (Lipinski definition) is 2. The van der Waals surface area contributed by atoms with Crippen LogP contribution >= 0.6 is 11.8 Å². The van der Waals surface area contributed by atoms with Crippen molar-refractivity contribution in [2.75, 3.05) is 13.1 Å². The van der Waals surface area contributed by atoms with Crippen LogP contribution < -0.4 is 11.1 Å². The van der Waals surface area contributed by atoms with Crippen molar-refractivity contribution in [1.29, 1.82) is 0 Å². The van der Waals surface area contributed by atoms with Crippen LogP contribution in [0.25, 0.3) is 0 Å². The second-order valence-corrected chi connectivity index (χ2v) is 9.87. The van der Waals surface area contributed by atoms with Crippen molar-refractivity contribution >= 4 is 23.7 Å². The van der Waals surface area contributed by atoms with Gasteiger partial charge in [-0.3, -0.25) is 0 Å². The highest BCUT2D eigenvalue weighted by atomic mass is 32.2. The number of rotatable bonds is 6. The molecule has 1 aromatic rings. The third-order valence-corrected chi connectivity index (χ3v) is 7.67. The van der Waals surface area contributed by atoms with Crippen LogP contribution in [0, 0.1) is 5.92 Å². The summed E-state index contributed by atoms with van der Waals surface area (Å²) >= 11 is 2.91. The van der Waals surface area contributed by atoms with Gasteiger partial charge in [0.25, 0.3) is 0 Å². The summed E-state index contributed by atoms with van der Waals surface area (Å²) in [4.78, 5) is 1.27. The molecule has 3 aliphatic rings. The number of nitrogens with two attached hydrogens (primary N) is 1. The minimum atomic E-state index is 0.00639. The molecule has 3 N–H and O–H groups in total. The highest BCUT2D eigenvalue weighted by Gasteiger charge is 2.40. The van der Waals surface area contributed by atoms with Crippen LogP contribution in [0.5, 0.6) is 0 Å². The minimum Gasteiger partial charge on any atom is -0.404 e. The fourth-order valence-corrected chi connectivity index (χ4v) is 5.86. The van der Waals surface area contributed by atoms with Gasteiger partial charge in [0.15, 0.2) is 10.7 Å². The highest BCUT2D eigenvalue weighted by molar-refractivity contribution is 8.02. The third kappa shape index (κ3) is 4.43. The first kappa shape index (κ1) is 20.2. The van der Waals surface area contributed by atoms with E-state index in [2.05, 4.69) is 53.0 Å². The second kappa shape index (κ2) is 9.18. The topological polar surface area (TPSA) is 41.3 Å².